The van der Waals surface area contributed by atoms with Gasteiger partial charge < -0.3 is 9.84 Å². The van der Waals surface area contributed by atoms with Gasteiger partial charge in [-0.2, -0.15) is 4.98 Å². The minimum absolute atomic E-state index is 0.0349. The first kappa shape index (κ1) is 22.4. The minimum atomic E-state index is -0.157. The maximum absolute atomic E-state index is 13.0. The second-order valence-electron chi connectivity index (χ2n) is 8.66. The maximum Gasteiger partial charge on any atom is 0.328 e. The number of benzene rings is 2. The van der Waals surface area contributed by atoms with Gasteiger partial charge in [0.2, 0.25) is 17.6 Å². The molecule has 2 aromatic heterocycles. The topological polar surface area (TPSA) is 98.2 Å². The number of piperidine rings is 1. The van der Waals surface area contributed by atoms with Crippen LogP contribution in [-0.4, -0.2) is 43.2 Å². The van der Waals surface area contributed by atoms with Crippen LogP contribution in [0, 0.1) is 5.92 Å². The number of nitrogens with zero attached hydrogens (tertiary/aromatic N) is 5. The number of hydrogen-bond acceptors (Lipinski definition) is 6. The van der Waals surface area contributed by atoms with Crippen LogP contribution in [0.25, 0.3) is 22.4 Å². The van der Waals surface area contributed by atoms with Crippen molar-refractivity contribution < 1.29 is 9.32 Å². The van der Waals surface area contributed by atoms with Crippen LogP contribution >= 0.6 is 11.6 Å². The molecule has 0 saturated carbocycles. The first-order valence-corrected chi connectivity index (χ1v) is 11.5. The van der Waals surface area contributed by atoms with Gasteiger partial charge >= 0.3 is 5.69 Å². The summed E-state index contributed by atoms with van der Waals surface area (Å²) in [7, 11) is 3.46. The number of likely N-dealkylation sites (tertiary alicyclic amines) is 1. The van der Waals surface area contributed by atoms with Gasteiger partial charge in [0.05, 0.1) is 28.5 Å². The lowest BCUT2D eigenvalue weighted by Gasteiger charge is -2.30. The number of aromatic nitrogens is 4. The Morgan fingerprint density at radius 2 is 1.97 bits per heavy atom. The number of carbonyl (C=O) groups is 1. The number of halogens is 1. The molecule has 0 bridgehead atoms. The molecule has 5 rings (SSSR count). The zero-order valence-electron chi connectivity index (χ0n) is 19.0. The Morgan fingerprint density at radius 3 is 2.79 bits per heavy atom. The molecule has 1 N–H and O–H groups in total. The summed E-state index contributed by atoms with van der Waals surface area (Å²) in [4.78, 5) is 31.8. The zero-order valence-corrected chi connectivity index (χ0v) is 19.7. The average molecular weight is 481 g/mol. The van der Waals surface area contributed by atoms with Gasteiger partial charge in [-0.15, -0.1) is 0 Å². The van der Waals surface area contributed by atoms with Crippen molar-refractivity contribution in [3.05, 3.63) is 63.9 Å². The van der Waals surface area contributed by atoms with Crippen LogP contribution in [0.4, 0.5) is 5.69 Å². The molecular weight excluding hydrogens is 456 g/mol. The molecule has 1 aliphatic rings. The Hall–Kier alpha value is -3.43. The lowest BCUT2D eigenvalue weighted by atomic mass is 9.97. The Kier molecular flexibility index (Phi) is 5.97. The highest BCUT2D eigenvalue weighted by Gasteiger charge is 2.27. The van der Waals surface area contributed by atoms with E-state index in [9.17, 15) is 9.59 Å². The fourth-order valence-electron chi connectivity index (χ4n) is 4.50. The number of carbonyl (C=O) groups excluding carboxylic acids is 1. The zero-order chi connectivity index (χ0) is 23.8. The number of nitrogens with one attached hydrogen (secondary N) is 1. The third-order valence-corrected chi connectivity index (χ3v) is 6.69. The van der Waals surface area contributed by atoms with Crippen molar-refractivity contribution in [1.82, 2.24) is 24.2 Å². The van der Waals surface area contributed by atoms with E-state index in [1.54, 1.807) is 29.3 Å². The van der Waals surface area contributed by atoms with Crippen molar-refractivity contribution in [3.63, 3.8) is 0 Å². The van der Waals surface area contributed by atoms with Gasteiger partial charge in [0, 0.05) is 31.9 Å². The number of amides is 1. The van der Waals surface area contributed by atoms with Crippen LogP contribution in [0.15, 0.2) is 51.8 Å². The summed E-state index contributed by atoms with van der Waals surface area (Å²) in [6.07, 6.45) is 1.71. The molecule has 0 aliphatic carbocycles. The van der Waals surface area contributed by atoms with E-state index in [1.807, 2.05) is 36.4 Å². The number of hydrogen-bond donors (Lipinski definition) is 1. The number of rotatable bonds is 5. The average Bonchev–Trinajstić information content (AvgIpc) is 3.38. The number of anilines is 1. The van der Waals surface area contributed by atoms with E-state index < -0.39 is 0 Å². The minimum Gasteiger partial charge on any atom is -0.338 e. The number of fused-ring (bicyclic) bond motifs is 1. The van der Waals surface area contributed by atoms with Crippen LogP contribution in [0.2, 0.25) is 5.02 Å². The number of aryl methyl sites for hydroxylation is 2. The van der Waals surface area contributed by atoms with Crippen molar-refractivity contribution in [1.29, 1.82) is 0 Å². The predicted octanol–water partition coefficient (Wildman–Crippen LogP) is 3.43. The highest BCUT2D eigenvalue weighted by atomic mass is 35.5. The van der Waals surface area contributed by atoms with Gasteiger partial charge in [0.1, 0.15) is 0 Å². The van der Waals surface area contributed by atoms with Crippen molar-refractivity contribution in [3.8, 4) is 11.4 Å². The summed E-state index contributed by atoms with van der Waals surface area (Å²) in [5.41, 5.74) is 2.91. The molecule has 1 saturated heterocycles. The Morgan fingerprint density at radius 1 is 1.18 bits per heavy atom. The summed E-state index contributed by atoms with van der Waals surface area (Å²) in [6.45, 7) is 1.92. The van der Waals surface area contributed by atoms with E-state index in [-0.39, 0.29) is 17.5 Å². The molecular formula is C24H25ClN6O3. The molecule has 9 nitrogen and oxygen atoms in total. The lowest BCUT2D eigenvalue weighted by Crippen LogP contribution is -2.40. The maximum atomic E-state index is 13.0. The largest absolute Gasteiger partial charge is 0.338 e. The third-order valence-electron chi connectivity index (χ3n) is 6.36. The van der Waals surface area contributed by atoms with Gasteiger partial charge in [0.15, 0.2) is 0 Å². The molecule has 3 heterocycles. The molecule has 1 fully saturated rings. The van der Waals surface area contributed by atoms with Crippen LogP contribution in [-0.2, 0) is 25.4 Å². The quantitative estimate of drug-likeness (QED) is 0.470. The first-order chi connectivity index (χ1) is 16.4. The van der Waals surface area contributed by atoms with E-state index in [2.05, 4.69) is 20.4 Å². The summed E-state index contributed by atoms with van der Waals surface area (Å²) in [5.74, 6) is 0.756. The molecule has 2 aromatic carbocycles. The normalized spacial score (nSPS) is 16.7. The standard InChI is InChI=1S/C24H25ClN6O3/c1-29-19-10-9-16(12-20(19)30(2)24(29)33)26-23(32)15-6-5-11-31(13-15)14-21-27-22(28-34-21)17-7-3-4-8-18(17)25/h3-4,7-10,12,15H,5-6,11,13-14H2,1-2H3,(H,26,32). The second kappa shape index (κ2) is 9.08. The Balaban J connectivity index is 1.24. The summed E-state index contributed by atoms with van der Waals surface area (Å²) in [6, 6.07) is 12.9. The molecule has 0 radical (unpaired) electrons. The van der Waals surface area contributed by atoms with E-state index in [4.69, 9.17) is 16.1 Å². The molecule has 1 unspecified atom stereocenters. The summed E-state index contributed by atoms with van der Waals surface area (Å²) >= 11 is 6.24. The monoisotopic (exact) mass is 480 g/mol. The fraction of sp³-hybridized carbons (Fsp3) is 0.333. The molecule has 34 heavy (non-hydrogen) atoms. The van der Waals surface area contributed by atoms with E-state index in [1.165, 1.54) is 0 Å². The molecule has 1 aliphatic heterocycles. The third kappa shape index (κ3) is 4.24. The van der Waals surface area contributed by atoms with Crippen molar-refractivity contribution in [2.75, 3.05) is 18.4 Å². The van der Waals surface area contributed by atoms with Crippen LogP contribution in [0.5, 0.6) is 0 Å². The summed E-state index contributed by atoms with van der Waals surface area (Å²) in [5, 5.41) is 7.65. The number of imidazole rings is 1. The van der Waals surface area contributed by atoms with E-state index >= 15 is 0 Å². The molecule has 1 amide bonds. The van der Waals surface area contributed by atoms with Crippen molar-refractivity contribution >= 4 is 34.2 Å². The highest BCUT2D eigenvalue weighted by molar-refractivity contribution is 6.33. The molecule has 4 aromatic rings. The molecule has 1 atom stereocenters. The highest BCUT2D eigenvalue weighted by Crippen LogP contribution is 2.26. The Bertz CT molecular complexity index is 1420. The van der Waals surface area contributed by atoms with Crippen LogP contribution < -0.4 is 11.0 Å². The van der Waals surface area contributed by atoms with Gasteiger partial charge in [-0.25, -0.2) is 4.79 Å². The van der Waals surface area contributed by atoms with Gasteiger partial charge in [-0.1, -0.05) is 28.9 Å². The van der Waals surface area contributed by atoms with E-state index in [0.717, 1.165) is 36.0 Å². The van der Waals surface area contributed by atoms with Gasteiger partial charge in [0.25, 0.3) is 0 Å². The van der Waals surface area contributed by atoms with Gasteiger partial charge in [-0.3, -0.25) is 18.8 Å². The smallest absolute Gasteiger partial charge is 0.328 e. The molecule has 176 valence electrons. The molecule has 0 spiro atoms. The van der Waals surface area contributed by atoms with Crippen LogP contribution in [0.3, 0.4) is 0 Å². The summed E-state index contributed by atoms with van der Waals surface area (Å²) < 4.78 is 8.61. The predicted molar refractivity (Wildman–Crippen MR) is 130 cm³/mol. The van der Waals surface area contributed by atoms with Crippen molar-refractivity contribution in [2.24, 2.45) is 20.0 Å². The van der Waals surface area contributed by atoms with E-state index in [0.29, 0.717) is 35.5 Å². The fourth-order valence-corrected chi connectivity index (χ4v) is 4.72. The molecule has 10 heteroatoms. The van der Waals surface area contributed by atoms with Crippen molar-refractivity contribution in [2.45, 2.75) is 19.4 Å². The second-order valence-corrected chi connectivity index (χ2v) is 9.07. The lowest BCUT2D eigenvalue weighted by molar-refractivity contribution is -0.121. The van der Waals surface area contributed by atoms with Crippen LogP contribution in [0.1, 0.15) is 18.7 Å². The first-order valence-electron chi connectivity index (χ1n) is 11.2. The van der Waals surface area contributed by atoms with Gasteiger partial charge in [-0.05, 0) is 49.7 Å². The SMILES string of the molecule is Cn1c(=O)n(C)c2cc(NC(=O)C3CCCN(Cc4nc(-c5ccccc5Cl)no4)C3)ccc21. The Labute approximate surface area is 200 Å².